The van der Waals surface area contributed by atoms with E-state index in [9.17, 15) is 14.9 Å². The number of anilines is 2. The van der Waals surface area contributed by atoms with Gasteiger partial charge in [-0.1, -0.05) is 0 Å². The lowest BCUT2D eigenvalue weighted by atomic mass is 10.2. The summed E-state index contributed by atoms with van der Waals surface area (Å²) in [4.78, 5) is 25.8. The van der Waals surface area contributed by atoms with Gasteiger partial charge in [0.05, 0.1) is 17.6 Å². The number of esters is 1. The number of pyridine rings is 1. The lowest BCUT2D eigenvalue weighted by Gasteiger charge is -2.07. The van der Waals surface area contributed by atoms with Crippen LogP contribution in [0, 0.1) is 10.1 Å². The standard InChI is InChI=1S/C13H10BrN3O4/c1-21-13(18)8-2-4-9(5-3-8)15-12-10(17(19)20)6-7-11(14)16-12/h2-7H,1H3,(H,15,16). The van der Waals surface area contributed by atoms with E-state index >= 15 is 0 Å². The van der Waals surface area contributed by atoms with Gasteiger partial charge in [-0.15, -0.1) is 0 Å². The molecule has 1 N–H and O–H groups in total. The Labute approximate surface area is 128 Å². The average molecular weight is 352 g/mol. The van der Waals surface area contributed by atoms with Crippen LogP contribution in [-0.2, 0) is 4.74 Å². The average Bonchev–Trinajstić information content (AvgIpc) is 2.47. The summed E-state index contributed by atoms with van der Waals surface area (Å²) in [5, 5.41) is 13.8. The Kier molecular flexibility index (Phi) is 4.49. The summed E-state index contributed by atoms with van der Waals surface area (Å²) in [6.07, 6.45) is 0. The van der Waals surface area contributed by atoms with Gasteiger partial charge < -0.3 is 10.1 Å². The number of nitrogens with one attached hydrogen (secondary N) is 1. The molecule has 0 saturated carbocycles. The monoisotopic (exact) mass is 351 g/mol. The van der Waals surface area contributed by atoms with Gasteiger partial charge >= 0.3 is 11.7 Å². The summed E-state index contributed by atoms with van der Waals surface area (Å²) in [5.41, 5.74) is 0.811. The molecule has 0 fully saturated rings. The summed E-state index contributed by atoms with van der Waals surface area (Å²) in [7, 11) is 1.29. The Morgan fingerprint density at radius 1 is 1.29 bits per heavy atom. The van der Waals surface area contributed by atoms with Crippen LogP contribution in [0.15, 0.2) is 41.0 Å². The zero-order valence-corrected chi connectivity index (χ0v) is 12.5. The Morgan fingerprint density at radius 3 is 2.52 bits per heavy atom. The van der Waals surface area contributed by atoms with E-state index in [2.05, 4.69) is 31.0 Å². The maximum atomic E-state index is 11.3. The molecule has 2 rings (SSSR count). The van der Waals surface area contributed by atoms with Gasteiger partial charge in [-0.2, -0.15) is 0 Å². The molecule has 1 aromatic carbocycles. The van der Waals surface area contributed by atoms with Gasteiger partial charge in [-0.3, -0.25) is 10.1 Å². The van der Waals surface area contributed by atoms with Gasteiger partial charge in [0.15, 0.2) is 0 Å². The number of carbonyl (C=O) groups excluding carboxylic acids is 1. The highest BCUT2D eigenvalue weighted by molar-refractivity contribution is 9.10. The molecule has 0 spiro atoms. The van der Waals surface area contributed by atoms with Gasteiger partial charge in [0.2, 0.25) is 5.82 Å². The third-order valence-corrected chi connectivity index (χ3v) is 3.05. The summed E-state index contributed by atoms with van der Waals surface area (Å²) in [5.74, 6) is -0.340. The Hall–Kier alpha value is -2.48. The predicted molar refractivity (Wildman–Crippen MR) is 79.7 cm³/mol. The lowest BCUT2D eigenvalue weighted by molar-refractivity contribution is -0.384. The number of hydrogen-bond donors (Lipinski definition) is 1. The van der Waals surface area contributed by atoms with Crippen LogP contribution < -0.4 is 5.32 Å². The topological polar surface area (TPSA) is 94.4 Å². The smallest absolute Gasteiger partial charge is 0.337 e. The van der Waals surface area contributed by atoms with Crippen molar-refractivity contribution < 1.29 is 14.5 Å². The van der Waals surface area contributed by atoms with E-state index < -0.39 is 10.9 Å². The molecule has 21 heavy (non-hydrogen) atoms. The van der Waals surface area contributed by atoms with Gasteiger partial charge in [0, 0.05) is 11.8 Å². The molecule has 2 aromatic rings. The summed E-state index contributed by atoms with van der Waals surface area (Å²) >= 11 is 3.16. The van der Waals surface area contributed by atoms with Gasteiger partial charge in [-0.05, 0) is 46.3 Å². The number of hydrogen-bond acceptors (Lipinski definition) is 6. The van der Waals surface area contributed by atoms with Crippen molar-refractivity contribution in [3.05, 3.63) is 56.7 Å². The minimum Gasteiger partial charge on any atom is -0.465 e. The maximum absolute atomic E-state index is 11.3. The largest absolute Gasteiger partial charge is 0.465 e. The second-order valence-corrected chi connectivity index (χ2v) is 4.77. The molecule has 1 heterocycles. The number of nitro groups is 1. The van der Waals surface area contributed by atoms with E-state index in [1.54, 1.807) is 24.3 Å². The molecule has 0 saturated heterocycles. The number of aromatic nitrogens is 1. The van der Waals surface area contributed by atoms with Gasteiger partial charge in [0.1, 0.15) is 4.60 Å². The number of halogens is 1. The third-order valence-electron chi connectivity index (χ3n) is 2.61. The number of rotatable bonds is 4. The maximum Gasteiger partial charge on any atom is 0.337 e. The van der Waals surface area contributed by atoms with Crippen molar-refractivity contribution in [1.82, 2.24) is 4.98 Å². The molecule has 0 atom stereocenters. The fraction of sp³-hybridized carbons (Fsp3) is 0.0769. The summed E-state index contributed by atoms with van der Waals surface area (Å²) < 4.78 is 5.07. The first kappa shape index (κ1) is 14.9. The number of benzene rings is 1. The van der Waals surface area contributed by atoms with E-state index in [-0.39, 0.29) is 11.5 Å². The Morgan fingerprint density at radius 2 is 1.95 bits per heavy atom. The highest BCUT2D eigenvalue weighted by Gasteiger charge is 2.16. The third kappa shape index (κ3) is 3.54. The summed E-state index contributed by atoms with van der Waals surface area (Å²) in [6.45, 7) is 0. The molecule has 0 amide bonds. The van der Waals surface area contributed by atoms with Crippen LogP contribution in [0.25, 0.3) is 0 Å². The number of methoxy groups -OCH3 is 1. The number of carbonyl (C=O) groups is 1. The van der Waals surface area contributed by atoms with E-state index in [1.807, 2.05) is 0 Å². The van der Waals surface area contributed by atoms with Crippen LogP contribution in [0.2, 0.25) is 0 Å². The van der Waals surface area contributed by atoms with E-state index in [0.29, 0.717) is 15.9 Å². The molecule has 7 nitrogen and oxygen atoms in total. The first-order chi connectivity index (χ1) is 10.0. The first-order valence-corrected chi connectivity index (χ1v) is 6.57. The molecule has 0 aliphatic carbocycles. The van der Waals surface area contributed by atoms with Crippen molar-refractivity contribution in [2.75, 3.05) is 12.4 Å². The minimum absolute atomic E-state index is 0.111. The highest BCUT2D eigenvalue weighted by atomic mass is 79.9. The summed E-state index contributed by atoms with van der Waals surface area (Å²) in [6, 6.07) is 9.17. The second-order valence-electron chi connectivity index (χ2n) is 3.95. The zero-order valence-electron chi connectivity index (χ0n) is 10.9. The molecule has 0 aliphatic rings. The fourth-order valence-corrected chi connectivity index (χ4v) is 1.92. The SMILES string of the molecule is COC(=O)c1ccc(Nc2nc(Br)ccc2[N+](=O)[O-])cc1. The van der Waals surface area contributed by atoms with E-state index in [4.69, 9.17) is 0 Å². The molecule has 8 heteroatoms. The van der Waals surface area contributed by atoms with Crippen LogP contribution in [0.5, 0.6) is 0 Å². The van der Waals surface area contributed by atoms with E-state index in [0.717, 1.165) is 0 Å². The molecule has 0 aliphatic heterocycles. The van der Waals surface area contributed by atoms with Crippen molar-refractivity contribution in [2.45, 2.75) is 0 Å². The molecule has 108 valence electrons. The van der Waals surface area contributed by atoms with Gasteiger partial charge in [-0.25, -0.2) is 9.78 Å². The number of ether oxygens (including phenoxy) is 1. The minimum atomic E-state index is -0.523. The zero-order chi connectivity index (χ0) is 15.4. The molecular formula is C13H10BrN3O4. The normalized spacial score (nSPS) is 10.0. The fourth-order valence-electron chi connectivity index (χ4n) is 1.61. The van der Waals surface area contributed by atoms with Crippen LogP contribution >= 0.6 is 15.9 Å². The molecule has 0 unspecified atom stereocenters. The lowest BCUT2D eigenvalue weighted by Crippen LogP contribution is -2.02. The Balaban J connectivity index is 2.28. The highest BCUT2D eigenvalue weighted by Crippen LogP contribution is 2.27. The van der Waals surface area contributed by atoms with Crippen molar-refractivity contribution in [3.63, 3.8) is 0 Å². The first-order valence-electron chi connectivity index (χ1n) is 5.77. The van der Waals surface area contributed by atoms with Crippen LogP contribution in [-0.4, -0.2) is 23.0 Å². The van der Waals surface area contributed by atoms with Crippen molar-refractivity contribution >= 4 is 39.1 Å². The molecule has 0 radical (unpaired) electrons. The van der Waals surface area contributed by atoms with Crippen LogP contribution in [0.1, 0.15) is 10.4 Å². The predicted octanol–water partition coefficient (Wildman–Crippen LogP) is 3.28. The van der Waals surface area contributed by atoms with Gasteiger partial charge in [0.25, 0.3) is 0 Å². The van der Waals surface area contributed by atoms with Crippen molar-refractivity contribution in [1.29, 1.82) is 0 Å². The molecule has 1 aromatic heterocycles. The Bertz CT molecular complexity index is 688. The van der Waals surface area contributed by atoms with Crippen LogP contribution in [0.3, 0.4) is 0 Å². The molecule has 0 bridgehead atoms. The van der Waals surface area contributed by atoms with Crippen molar-refractivity contribution in [3.8, 4) is 0 Å². The second kappa shape index (κ2) is 6.31. The number of nitrogens with zero attached hydrogens (tertiary/aromatic N) is 2. The van der Waals surface area contributed by atoms with Crippen molar-refractivity contribution in [2.24, 2.45) is 0 Å². The molecular weight excluding hydrogens is 342 g/mol. The van der Waals surface area contributed by atoms with Crippen LogP contribution in [0.4, 0.5) is 17.2 Å². The van der Waals surface area contributed by atoms with E-state index in [1.165, 1.54) is 19.2 Å². The quantitative estimate of drug-likeness (QED) is 0.393.